The lowest BCUT2D eigenvalue weighted by molar-refractivity contribution is 0.00578. The van der Waals surface area contributed by atoms with E-state index in [1.165, 1.54) is 0 Å². The normalized spacial score (nSPS) is 21.3. The van der Waals surface area contributed by atoms with Crippen LogP contribution in [0.15, 0.2) is 24.3 Å². The Balaban J connectivity index is 2.00. The van der Waals surface area contributed by atoms with Gasteiger partial charge >= 0.3 is 7.12 Å². The van der Waals surface area contributed by atoms with Crippen LogP contribution in [-0.4, -0.2) is 38.1 Å². The average Bonchev–Trinajstić information content (AvgIpc) is 2.65. The first-order valence-electron chi connectivity index (χ1n) is 7.36. The molecular weight excluding hydrogens is 267 g/mol. The van der Waals surface area contributed by atoms with E-state index in [4.69, 9.17) is 18.8 Å². The van der Waals surface area contributed by atoms with Crippen LogP contribution in [-0.2, 0) is 14.0 Å². The molecule has 0 N–H and O–H groups in total. The molecule has 1 atom stereocenters. The Morgan fingerprint density at radius 1 is 1.05 bits per heavy atom. The van der Waals surface area contributed by atoms with Crippen molar-refractivity contribution in [1.82, 2.24) is 0 Å². The van der Waals surface area contributed by atoms with E-state index in [9.17, 15) is 0 Å². The maximum atomic E-state index is 6.02. The van der Waals surface area contributed by atoms with E-state index >= 15 is 0 Å². The Labute approximate surface area is 127 Å². The first kappa shape index (κ1) is 16.3. The zero-order valence-electron chi connectivity index (χ0n) is 13.8. The highest BCUT2D eigenvalue weighted by atomic mass is 16.7. The first-order valence-corrected chi connectivity index (χ1v) is 7.36. The first-order chi connectivity index (χ1) is 9.75. The van der Waals surface area contributed by atoms with Gasteiger partial charge < -0.3 is 18.8 Å². The fourth-order valence-corrected chi connectivity index (χ4v) is 1.98. The molecule has 21 heavy (non-hydrogen) atoms. The molecule has 0 bridgehead atoms. The molecule has 1 aliphatic heterocycles. The highest BCUT2D eigenvalue weighted by Gasteiger charge is 2.51. The van der Waals surface area contributed by atoms with Gasteiger partial charge in [0.05, 0.1) is 17.3 Å². The van der Waals surface area contributed by atoms with Crippen molar-refractivity contribution in [3.63, 3.8) is 0 Å². The molecule has 1 aliphatic rings. The van der Waals surface area contributed by atoms with Gasteiger partial charge in [-0.3, -0.25) is 0 Å². The van der Waals surface area contributed by atoms with Crippen molar-refractivity contribution < 1.29 is 18.8 Å². The molecule has 0 unspecified atom stereocenters. The zero-order chi connectivity index (χ0) is 15.7. The van der Waals surface area contributed by atoms with E-state index in [0.717, 1.165) is 11.2 Å². The number of hydrogen-bond donors (Lipinski definition) is 0. The SMILES string of the molecule is CO[C@H](C)COc1ccc(B2OC(C)(C)C(C)(C)O2)cc1. The lowest BCUT2D eigenvalue weighted by Crippen LogP contribution is -2.41. The van der Waals surface area contributed by atoms with Crippen LogP contribution >= 0.6 is 0 Å². The maximum Gasteiger partial charge on any atom is 0.494 e. The van der Waals surface area contributed by atoms with Crippen molar-refractivity contribution >= 4 is 12.6 Å². The topological polar surface area (TPSA) is 36.9 Å². The summed E-state index contributed by atoms with van der Waals surface area (Å²) in [6.07, 6.45) is 0.0766. The van der Waals surface area contributed by atoms with Gasteiger partial charge in [-0.2, -0.15) is 0 Å². The Kier molecular flexibility index (Phi) is 4.66. The van der Waals surface area contributed by atoms with Crippen molar-refractivity contribution in [3.8, 4) is 5.75 Å². The Hall–Kier alpha value is -1.04. The van der Waals surface area contributed by atoms with E-state index in [0.29, 0.717) is 6.61 Å². The van der Waals surface area contributed by atoms with Gasteiger partial charge in [0.1, 0.15) is 12.4 Å². The molecule has 1 aromatic rings. The van der Waals surface area contributed by atoms with Gasteiger partial charge in [-0.25, -0.2) is 0 Å². The molecule has 0 aromatic heterocycles. The van der Waals surface area contributed by atoms with Crippen molar-refractivity contribution in [2.75, 3.05) is 13.7 Å². The summed E-state index contributed by atoms with van der Waals surface area (Å²) in [5, 5.41) is 0. The summed E-state index contributed by atoms with van der Waals surface area (Å²) < 4.78 is 22.9. The molecule has 2 rings (SSSR count). The highest BCUT2D eigenvalue weighted by Crippen LogP contribution is 2.36. The number of ether oxygens (including phenoxy) is 2. The van der Waals surface area contributed by atoms with Crippen LogP contribution in [0.5, 0.6) is 5.75 Å². The molecule has 116 valence electrons. The maximum absolute atomic E-state index is 6.02. The van der Waals surface area contributed by atoms with E-state index < -0.39 is 0 Å². The van der Waals surface area contributed by atoms with Gasteiger partial charge in [0.25, 0.3) is 0 Å². The smallest absolute Gasteiger partial charge is 0.491 e. The molecule has 4 nitrogen and oxygen atoms in total. The molecule has 1 heterocycles. The molecule has 1 aromatic carbocycles. The summed E-state index contributed by atoms with van der Waals surface area (Å²) in [6, 6.07) is 7.83. The second-order valence-corrected chi connectivity index (χ2v) is 6.51. The lowest BCUT2D eigenvalue weighted by Gasteiger charge is -2.32. The van der Waals surface area contributed by atoms with Gasteiger partial charge in [-0.1, -0.05) is 12.1 Å². The predicted molar refractivity (Wildman–Crippen MR) is 84.1 cm³/mol. The molecule has 0 radical (unpaired) electrons. The number of benzene rings is 1. The van der Waals surface area contributed by atoms with E-state index in [2.05, 4.69) is 27.7 Å². The summed E-state index contributed by atoms with van der Waals surface area (Å²) in [5.74, 6) is 0.819. The molecule has 0 saturated carbocycles. The molecule has 0 amide bonds. The minimum Gasteiger partial charge on any atom is -0.491 e. The van der Waals surface area contributed by atoms with Gasteiger partial charge in [0, 0.05) is 7.11 Å². The third-order valence-electron chi connectivity index (χ3n) is 4.29. The molecule has 5 heteroatoms. The van der Waals surface area contributed by atoms with Crippen LogP contribution in [0.1, 0.15) is 34.6 Å². The zero-order valence-corrected chi connectivity index (χ0v) is 13.8. The van der Waals surface area contributed by atoms with E-state index in [1.54, 1.807) is 7.11 Å². The van der Waals surface area contributed by atoms with Gasteiger partial charge in [0.2, 0.25) is 0 Å². The second kappa shape index (κ2) is 5.99. The summed E-state index contributed by atoms with van der Waals surface area (Å²) >= 11 is 0. The fourth-order valence-electron chi connectivity index (χ4n) is 1.98. The fraction of sp³-hybridized carbons (Fsp3) is 0.625. The van der Waals surface area contributed by atoms with Crippen molar-refractivity contribution in [3.05, 3.63) is 24.3 Å². The molecule has 0 spiro atoms. The summed E-state index contributed by atoms with van der Waals surface area (Å²) in [7, 11) is 1.34. The molecular formula is C16H25BO4. The van der Waals surface area contributed by atoms with Crippen LogP contribution in [0, 0.1) is 0 Å². The van der Waals surface area contributed by atoms with E-state index in [1.807, 2.05) is 31.2 Å². The largest absolute Gasteiger partial charge is 0.494 e. The van der Waals surface area contributed by atoms with Gasteiger partial charge in [-0.15, -0.1) is 0 Å². The third-order valence-corrected chi connectivity index (χ3v) is 4.29. The standard InChI is InChI=1S/C16H25BO4/c1-12(18-6)11-19-14-9-7-13(8-10-14)17-20-15(2,3)16(4,5)21-17/h7-10,12H,11H2,1-6H3/t12-/m1/s1. The second-order valence-electron chi connectivity index (χ2n) is 6.51. The van der Waals surface area contributed by atoms with Crippen molar-refractivity contribution in [2.45, 2.75) is 51.9 Å². The summed E-state index contributed by atoms with van der Waals surface area (Å²) in [4.78, 5) is 0. The average molecular weight is 292 g/mol. The number of rotatable bonds is 5. The third kappa shape index (κ3) is 3.60. The van der Waals surface area contributed by atoms with Crippen LogP contribution in [0.2, 0.25) is 0 Å². The van der Waals surface area contributed by atoms with Crippen LogP contribution < -0.4 is 10.2 Å². The Morgan fingerprint density at radius 2 is 1.57 bits per heavy atom. The predicted octanol–water partition coefficient (Wildman–Crippen LogP) is 2.40. The van der Waals surface area contributed by atoms with Crippen LogP contribution in [0.25, 0.3) is 0 Å². The van der Waals surface area contributed by atoms with Gasteiger partial charge in [0.15, 0.2) is 0 Å². The Bertz CT molecular complexity index is 454. The van der Waals surface area contributed by atoms with Gasteiger partial charge in [-0.05, 0) is 52.2 Å². The Morgan fingerprint density at radius 3 is 2.05 bits per heavy atom. The van der Waals surface area contributed by atoms with Crippen LogP contribution in [0.3, 0.4) is 0 Å². The monoisotopic (exact) mass is 292 g/mol. The van der Waals surface area contributed by atoms with Crippen molar-refractivity contribution in [1.29, 1.82) is 0 Å². The minimum absolute atomic E-state index is 0.0766. The molecule has 1 saturated heterocycles. The highest BCUT2D eigenvalue weighted by molar-refractivity contribution is 6.62. The summed E-state index contributed by atoms with van der Waals surface area (Å²) in [5.41, 5.74) is 0.363. The number of methoxy groups -OCH3 is 1. The molecule has 1 fully saturated rings. The van der Waals surface area contributed by atoms with Crippen LogP contribution in [0.4, 0.5) is 0 Å². The summed E-state index contributed by atoms with van der Waals surface area (Å²) in [6.45, 7) is 10.7. The lowest BCUT2D eigenvalue weighted by atomic mass is 9.79. The van der Waals surface area contributed by atoms with E-state index in [-0.39, 0.29) is 24.4 Å². The minimum atomic E-state index is -0.332. The molecule has 0 aliphatic carbocycles. The van der Waals surface area contributed by atoms with Crippen molar-refractivity contribution in [2.24, 2.45) is 0 Å². The number of hydrogen-bond acceptors (Lipinski definition) is 4. The quantitative estimate of drug-likeness (QED) is 0.781.